The standard InChI is InChI=1S/C45H56N8O8/c1-6-34-42(57)52-23-10-13-35(52)43(58)51(5)37(25-29-14-16-32(17-15-29)50(3)4)44(59)53-24-20-33(54)26-36(53)40(55)49-39(31-11-8-7-9-12-31)45(60)61-28(2)38(41(56)48-34)47-27-30-18-21-46-22-19-30/h7-9,11-12,14-19,21-22,28,34-39,47H,6,10,13,20,23-27H2,1-5H3,(H,48,56)(H,49,55)/t28-,34-,35+,36+,37+,38+,39+/m1/s1. The maximum absolute atomic E-state index is 15.0. The Balaban J connectivity index is 1.42. The van der Waals surface area contributed by atoms with Crippen LogP contribution in [-0.4, -0.2) is 132 Å². The first-order valence-electron chi connectivity index (χ1n) is 20.9. The number of hydrogen-bond acceptors (Lipinski definition) is 11. The number of rotatable bonds is 8. The molecule has 2 aromatic carbocycles. The van der Waals surface area contributed by atoms with Crippen molar-refractivity contribution in [1.29, 1.82) is 0 Å². The van der Waals surface area contributed by atoms with E-state index in [-0.39, 0.29) is 51.1 Å². The van der Waals surface area contributed by atoms with Gasteiger partial charge in [0.05, 0.1) is 0 Å². The average molecular weight is 837 g/mol. The maximum Gasteiger partial charge on any atom is 0.333 e. The molecule has 16 nitrogen and oxygen atoms in total. The van der Waals surface area contributed by atoms with E-state index in [2.05, 4.69) is 20.9 Å². The fourth-order valence-electron chi connectivity index (χ4n) is 8.22. The second-order valence-corrected chi connectivity index (χ2v) is 16.1. The lowest BCUT2D eigenvalue weighted by Crippen LogP contribution is -2.61. The second kappa shape index (κ2) is 19.9. The number of cyclic esters (lactones) is 1. The van der Waals surface area contributed by atoms with Gasteiger partial charge in [-0.2, -0.15) is 0 Å². The molecule has 0 spiro atoms. The van der Waals surface area contributed by atoms with Crippen LogP contribution < -0.4 is 20.9 Å². The zero-order valence-electron chi connectivity index (χ0n) is 35.4. The van der Waals surface area contributed by atoms with Gasteiger partial charge in [-0.1, -0.05) is 49.4 Å². The Morgan fingerprint density at radius 3 is 2.16 bits per heavy atom. The fraction of sp³-hybridized carbons (Fsp3) is 0.467. The lowest BCUT2D eigenvalue weighted by Gasteiger charge is -2.40. The molecule has 7 atom stereocenters. The van der Waals surface area contributed by atoms with Gasteiger partial charge in [0.1, 0.15) is 42.1 Å². The number of amides is 5. The molecule has 0 saturated carbocycles. The van der Waals surface area contributed by atoms with Crippen molar-refractivity contribution in [2.75, 3.05) is 39.1 Å². The number of carbonyl (C=O) groups excluding carboxylic acids is 7. The minimum absolute atomic E-state index is 0.00265. The molecule has 4 heterocycles. The van der Waals surface area contributed by atoms with Crippen LogP contribution in [0, 0.1) is 0 Å². The Morgan fingerprint density at radius 2 is 1.49 bits per heavy atom. The minimum Gasteiger partial charge on any atom is -0.459 e. The van der Waals surface area contributed by atoms with Gasteiger partial charge in [-0.25, -0.2) is 4.79 Å². The first-order valence-corrected chi connectivity index (χ1v) is 20.9. The third kappa shape index (κ3) is 10.4. The highest BCUT2D eigenvalue weighted by Gasteiger charge is 2.45. The van der Waals surface area contributed by atoms with E-state index < -0.39 is 77.9 Å². The molecule has 1 aromatic heterocycles. The summed E-state index contributed by atoms with van der Waals surface area (Å²) in [6, 6.07) is 12.5. The number of ketones is 1. The molecule has 3 aliphatic rings. The summed E-state index contributed by atoms with van der Waals surface area (Å²) in [4.78, 5) is 110. The number of carbonyl (C=O) groups is 7. The summed E-state index contributed by atoms with van der Waals surface area (Å²) in [5, 5.41) is 8.81. The molecule has 3 saturated heterocycles. The molecule has 3 aliphatic heterocycles. The van der Waals surface area contributed by atoms with Crippen LogP contribution in [0.3, 0.4) is 0 Å². The quantitative estimate of drug-likeness (QED) is 0.281. The smallest absolute Gasteiger partial charge is 0.333 e. The van der Waals surface area contributed by atoms with E-state index in [1.165, 1.54) is 28.7 Å². The number of fused-ring (bicyclic) bond motifs is 2. The van der Waals surface area contributed by atoms with Gasteiger partial charge >= 0.3 is 5.97 Å². The predicted molar refractivity (Wildman–Crippen MR) is 225 cm³/mol. The molecule has 5 amide bonds. The van der Waals surface area contributed by atoms with E-state index in [0.29, 0.717) is 18.4 Å². The van der Waals surface area contributed by atoms with Gasteiger partial charge in [-0.05, 0) is 67.1 Å². The Labute approximate surface area is 356 Å². The van der Waals surface area contributed by atoms with Gasteiger partial charge in [0, 0.05) is 78.1 Å². The third-order valence-corrected chi connectivity index (χ3v) is 11.8. The van der Waals surface area contributed by atoms with Gasteiger partial charge in [0.25, 0.3) is 0 Å². The van der Waals surface area contributed by atoms with E-state index in [0.717, 1.165) is 16.8 Å². The number of benzene rings is 2. The monoisotopic (exact) mass is 836 g/mol. The van der Waals surface area contributed by atoms with Crippen molar-refractivity contribution < 1.29 is 38.3 Å². The number of Topliss-reactive ketones (excluding diaryl/α,β-unsaturated/α-hetero) is 1. The van der Waals surface area contributed by atoms with Crippen molar-refractivity contribution in [3.8, 4) is 0 Å². The number of piperidine rings is 1. The molecule has 3 aromatic rings. The largest absolute Gasteiger partial charge is 0.459 e. The number of nitrogens with one attached hydrogen (secondary N) is 3. The molecule has 3 N–H and O–H groups in total. The molecule has 0 radical (unpaired) electrons. The summed E-state index contributed by atoms with van der Waals surface area (Å²) in [5.74, 6) is -3.97. The van der Waals surface area contributed by atoms with Crippen LogP contribution >= 0.6 is 0 Å². The van der Waals surface area contributed by atoms with Crippen LogP contribution in [0.5, 0.6) is 0 Å². The van der Waals surface area contributed by atoms with E-state index in [1.54, 1.807) is 61.8 Å². The molecule has 16 heteroatoms. The normalized spacial score (nSPS) is 26.0. The van der Waals surface area contributed by atoms with Crippen LogP contribution in [0.15, 0.2) is 79.1 Å². The number of pyridine rings is 1. The van der Waals surface area contributed by atoms with Gasteiger partial charge in [-0.3, -0.25) is 39.1 Å². The third-order valence-electron chi connectivity index (χ3n) is 11.8. The van der Waals surface area contributed by atoms with Crippen LogP contribution in [0.25, 0.3) is 0 Å². The highest BCUT2D eigenvalue weighted by atomic mass is 16.5. The van der Waals surface area contributed by atoms with Crippen LogP contribution in [0.1, 0.15) is 68.7 Å². The molecule has 324 valence electrons. The fourth-order valence-corrected chi connectivity index (χ4v) is 8.22. The SMILES string of the molecule is CC[C@H]1NC(=O)[C@@H](NCc2ccncc2)[C@@H](C)OC(=O)[C@H](c2ccccc2)NC(=O)[C@@H]2CC(=O)CCN2C(=O)[C@H](Cc2ccc(N(C)C)cc2)N(C)C(=O)[C@@H]2CCCN2C1=O. The summed E-state index contributed by atoms with van der Waals surface area (Å²) in [7, 11) is 5.34. The maximum atomic E-state index is 15.0. The Kier molecular flexibility index (Phi) is 14.5. The molecular weight excluding hydrogens is 781 g/mol. The number of nitrogens with zero attached hydrogens (tertiary/aromatic N) is 5. The number of aromatic nitrogens is 1. The lowest BCUT2D eigenvalue weighted by molar-refractivity contribution is -0.157. The molecule has 61 heavy (non-hydrogen) atoms. The second-order valence-electron chi connectivity index (χ2n) is 16.1. The Hall–Kier alpha value is -6.16. The van der Waals surface area contributed by atoms with E-state index in [9.17, 15) is 33.6 Å². The number of anilines is 1. The lowest BCUT2D eigenvalue weighted by atomic mass is 9.95. The highest BCUT2D eigenvalue weighted by molar-refractivity contribution is 5.99. The highest BCUT2D eigenvalue weighted by Crippen LogP contribution is 2.27. The van der Waals surface area contributed by atoms with Gasteiger partial charge in [0.2, 0.25) is 29.5 Å². The van der Waals surface area contributed by atoms with Crippen molar-refractivity contribution in [3.05, 3.63) is 95.8 Å². The first-order chi connectivity index (χ1) is 29.3. The number of likely N-dealkylation sites (N-methyl/N-ethyl adjacent to an activating group) is 1. The molecule has 6 rings (SSSR count). The summed E-state index contributed by atoms with van der Waals surface area (Å²) >= 11 is 0. The van der Waals surface area contributed by atoms with E-state index >= 15 is 0 Å². The number of ether oxygens (including phenoxy) is 1. The van der Waals surface area contributed by atoms with E-state index in [1.807, 2.05) is 43.3 Å². The summed E-state index contributed by atoms with van der Waals surface area (Å²) in [6.45, 7) is 3.65. The predicted octanol–water partition coefficient (Wildman–Crippen LogP) is 1.92. The molecule has 0 bridgehead atoms. The molecule has 0 aliphatic carbocycles. The minimum atomic E-state index is -1.40. The zero-order valence-corrected chi connectivity index (χ0v) is 35.4. The van der Waals surface area contributed by atoms with Crippen molar-refractivity contribution in [1.82, 2.24) is 35.6 Å². The van der Waals surface area contributed by atoms with Crippen LogP contribution in [0.2, 0.25) is 0 Å². The molecule has 0 unspecified atom stereocenters. The van der Waals surface area contributed by atoms with Gasteiger partial charge in [0.15, 0.2) is 6.04 Å². The summed E-state index contributed by atoms with van der Waals surface area (Å²) in [6.07, 6.45) is 2.90. The van der Waals surface area contributed by atoms with Crippen molar-refractivity contribution >= 4 is 47.0 Å². The first kappa shape index (κ1) is 44.4. The average Bonchev–Trinajstić information content (AvgIpc) is 3.76. The topological polar surface area (TPSA) is 191 Å². The Morgan fingerprint density at radius 1 is 0.803 bits per heavy atom. The van der Waals surface area contributed by atoms with Crippen LogP contribution in [-0.2, 0) is 51.3 Å². The van der Waals surface area contributed by atoms with E-state index in [4.69, 9.17) is 4.74 Å². The van der Waals surface area contributed by atoms with Crippen molar-refractivity contribution in [2.24, 2.45) is 0 Å². The summed E-state index contributed by atoms with van der Waals surface area (Å²) in [5.41, 5.74) is 2.84. The molecule has 3 fully saturated rings. The summed E-state index contributed by atoms with van der Waals surface area (Å²) < 4.78 is 5.99. The van der Waals surface area contributed by atoms with Crippen LogP contribution in [0.4, 0.5) is 5.69 Å². The zero-order chi connectivity index (χ0) is 43.8. The Bertz CT molecular complexity index is 2070. The van der Waals surface area contributed by atoms with Crippen molar-refractivity contribution in [2.45, 2.75) is 101 Å². The number of esters is 1. The van der Waals surface area contributed by atoms with Gasteiger partial charge < -0.3 is 35.0 Å². The van der Waals surface area contributed by atoms with Crippen molar-refractivity contribution in [3.63, 3.8) is 0 Å². The van der Waals surface area contributed by atoms with Gasteiger partial charge in [-0.15, -0.1) is 0 Å². The number of hydrogen-bond donors (Lipinski definition) is 3. The molecular formula is C45H56N8O8.